The minimum atomic E-state index is -0.625. The standard InChI is InChI=1S/C31H31N3O4S2/c1-4-37-30(36)26-27(21-10-6-5-7-11-21)32-31-34(28(26)24-13-9-15-39-24)29(35)25(40-31)17-22-16-19(2)33(20(22)3)18-23-12-8-14-38-23/h5-7,9-11,13,15-17,23,28H,4,8,12,14,18H2,1-3H3/b25-17-/t23-,28-/m0/s1. The largest absolute Gasteiger partial charge is 0.463 e. The van der Waals surface area contributed by atoms with Gasteiger partial charge < -0.3 is 14.0 Å². The number of carbonyl (C=O) groups is 1. The highest BCUT2D eigenvalue weighted by molar-refractivity contribution is 7.10. The molecule has 0 N–H and O–H groups in total. The van der Waals surface area contributed by atoms with Crippen LogP contribution in [0.15, 0.2) is 69.3 Å². The van der Waals surface area contributed by atoms with Gasteiger partial charge in [0.1, 0.15) is 6.04 Å². The molecule has 0 amide bonds. The van der Waals surface area contributed by atoms with Crippen molar-refractivity contribution in [2.24, 2.45) is 4.99 Å². The topological polar surface area (TPSA) is 74.8 Å². The lowest BCUT2D eigenvalue weighted by Gasteiger charge is -2.24. The van der Waals surface area contributed by atoms with Crippen molar-refractivity contribution in [3.8, 4) is 0 Å². The summed E-state index contributed by atoms with van der Waals surface area (Å²) in [5.74, 6) is -0.463. The van der Waals surface area contributed by atoms with Crippen LogP contribution < -0.4 is 14.9 Å². The van der Waals surface area contributed by atoms with Gasteiger partial charge >= 0.3 is 5.97 Å². The molecule has 206 valence electrons. The summed E-state index contributed by atoms with van der Waals surface area (Å²) in [5.41, 5.74) is 4.80. The molecular weight excluding hydrogens is 542 g/mol. The lowest BCUT2D eigenvalue weighted by molar-refractivity contribution is -0.138. The predicted molar refractivity (Wildman–Crippen MR) is 158 cm³/mol. The highest BCUT2D eigenvalue weighted by atomic mass is 32.1. The van der Waals surface area contributed by atoms with E-state index in [4.69, 9.17) is 14.5 Å². The van der Waals surface area contributed by atoms with Gasteiger partial charge in [-0.25, -0.2) is 9.79 Å². The van der Waals surface area contributed by atoms with Crippen molar-refractivity contribution in [1.29, 1.82) is 0 Å². The number of thiazole rings is 1. The molecule has 3 aromatic heterocycles. The first-order valence-corrected chi connectivity index (χ1v) is 15.3. The number of hydrogen-bond acceptors (Lipinski definition) is 7. The van der Waals surface area contributed by atoms with Gasteiger partial charge in [-0.15, -0.1) is 11.3 Å². The van der Waals surface area contributed by atoms with Crippen LogP contribution in [-0.2, 0) is 20.8 Å². The van der Waals surface area contributed by atoms with E-state index in [1.807, 2.05) is 53.9 Å². The fourth-order valence-electron chi connectivity index (χ4n) is 5.54. The molecule has 2 aliphatic heterocycles. The van der Waals surface area contributed by atoms with E-state index in [1.54, 1.807) is 11.5 Å². The number of carbonyl (C=O) groups excluding carboxylic acids is 1. The van der Waals surface area contributed by atoms with Crippen molar-refractivity contribution >= 4 is 40.4 Å². The van der Waals surface area contributed by atoms with Crippen molar-refractivity contribution in [3.63, 3.8) is 0 Å². The van der Waals surface area contributed by atoms with Crippen LogP contribution in [0.25, 0.3) is 11.8 Å². The number of ether oxygens (including phenoxy) is 2. The van der Waals surface area contributed by atoms with E-state index in [2.05, 4.69) is 24.5 Å². The Labute approximate surface area is 240 Å². The Kier molecular flexibility index (Phi) is 7.44. The molecule has 1 saturated heterocycles. The number of rotatable bonds is 7. The maximum absolute atomic E-state index is 14.1. The number of fused-ring (bicyclic) bond motifs is 1. The molecule has 2 aliphatic rings. The summed E-state index contributed by atoms with van der Waals surface area (Å²) in [6, 6.07) is 15.0. The third-order valence-corrected chi connectivity index (χ3v) is 9.40. The molecule has 9 heteroatoms. The number of aromatic nitrogens is 2. The van der Waals surface area contributed by atoms with E-state index in [1.165, 1.54) is 22.7 Å². The van der Waals surface area contributed by atoms with Crippen LogP contribution in [0, 0.1) is 13.8 Å². The minimum absolute atomic E-state index is 0.167. The summed E-state index contributed by atoms with van der Waals surface area (Å²) in [5, 5.41) is 1.96. The van der Waals surface area contributed by atoms with Crippen LogP contribution in [0.5, 0.6) is 0 Å². The van der Waals surface area contributed by atoms with Crippen LogP contribution in [0.1, 0.15) is 53.2 Å². The molecule has 0 bridgehead atoms. The lowest BCUT2D eigenvalue weighted by atomic mass is 9.97. The SMILES string of the molecule is CCOC(=O)C1=C(c2ccccc2)N=c2s/c(=C\c3cc(C)n(C[C@@H]4CCCO4)c3C)c(=O)n2[C@H]1c1cccs1. The zero-order valence-electron chi connectivity index (χ0n) is 22.8. The van der Waals surface area contributed by atoms with Gasteiger partial charge in [0.15, 0.2) is 4.80 Å². The zero-order chi connectivity index (χ0) is 27.8. The van der Waals surface area contributed by atoms with Crippen LogP contribution in [0.3, 0.4) is 0 Å². The number of benzene rings is 1. The van der Waals surface area contributed by atoms with E-state index in [9.17, 15) is 9.59 Å². The molecule has 5 heterocycles. The number of thiophene rings is 1. The Morgan fingerprint density at radius 3 is 2.73 bits per heavy atom. The molecule has 1 aromatic carbocycles. The van der Waals surface area contributed by atoms with Crippen molar-refractivity contribution < 1.29 is 14.3 Å². The Bertz CT molecular complexity index is 1750. The molecule has 2 atom stereocenters. The first-order chi connectivity index (χ1) is 19.5. The molecule has 0 radical (unpaired) electrons. The molecule has 1 fully saturated rings. The maximum atomic E-state index is 14.1. The molecule has 0 unspecified atom stereocenters. The van der Waals surface area contributed by atoms with E-state index < -0.39 is 12.0 Å². The predicted octanol–water partition coefficient (Wildman–Crippen LogP) is 4.59. The Morgan fingerprint density at radius 1 is 1.20 bits per heavy atom. The van der Waals surface area contributed by atoms with Gasteiger partial charge in [0.2, 0.25) is 0 Å². The van der Waals surface area contributed by atoms with Gasteiger partial charge in [-0.2, -0.15) is 0 Å². The van der Waals surface area contributed by atoms with Crippen LogP contribution in [-0.4, -0.2) is 34.4 Å². The fraction of sp³-hybridized carbons (Fsp3) is 0.323. The van der Waals surface area contributed by atoms with Crippen molar-refractivity contribution in [3.05, 3.63) is 107 Å². The number of nitrogens with zero attached hydrogens (tertiary/aromatic N) is 3. The lowest BCUT2D eigenvalue weighted by Crippen LogP contribution is -2.39. The molecule has 0 aliphatic carbocycles. The minimum Gasteiger partial charge on any atom is -0.463 e. The van der Waals surface area contributed by atoms with Crippen LogP contribution >= 0.6 is 22.7 Å². The summed E-state index contributed by atoms with van der Waals surface area (Å²) in [6.45, 7) is 7.83. The van der Waals surface area contributed by atoms with Crippen LogP contribution in [0.2, 0.25) is 0 Å². The molecule has 7 nitrogen and oxygen atoms in total. The highest BCUT2D eigenvalue weighted by Gasteiger charge is 2.35. The summed E-state index contributed by atoms with van der Waals surface area (Å²) in [4.78, 5) is 33.9. The maximum Gasteiger partial charge on any atom is 0.338 e. The van der Waals surface area contributed by atoms with E-state index in [0.29, 0.717) is 20.6 Å². The number of esters is 1. The second-order valence-electron chi connectivity index (χ2n) is 10.0. The Balaban J connectivity index is 1.53. The molecule has 40 heavy (non-hydrogen) atoms. The number of hydrogen-bond donors (Lipinski definition) is 0. The average Bonchev–Trinajstić information content (AvgIpc) is 3.76. The van der Waals surface area contributed by atoms with Crippen molar-refractivity contribution in [2.45, 2.75) is 52.3 Å². The third kappa shape index (κ3) is 4.82. The molecule has 4 aromatic rings. The zero-order valence-corrected chi connectivity index (χ0v) is 24.4. The third-order valence-electron chi connectivity index (χ3n) is 7.50. The Hall–Kier alpha value is -3.53. The molecule has 0 saturated carbocycles. The second-order valence-corrected chi connectivity index (χ2v) is 12.0. The van der Waals surface area contributed by atoms with Crippen LogP contribution in [0.4, 0.5) is 0 Å². The van der Waals surface area contributed by atoms with Gasteiger partial charge in [0.05, 0.1) is 28.5 Å². The first-order valence-electron chi connectivity index (χ1n) is 13.6. The van der Waals surface area contributed by atoms with Gasteiger partial charge in [0, 0.05) is 35.0 Å². The van der Waals surface area contributed by atoms with Crippen molar-refractivity contribution in [1.82, 2.24) is 9.13 Å². The monoisotopic (exact) mass is 573 g/mol. The van der Waals surface area contributed by atoms with E-state index in [0.717, 1.165) is 53.4 Å². The van der Waals surface area contributed by atoms with Crippen molar-refractivity contribution in [2.75, 3.05) is 13.2 Å². The van der Waals surface area contributed by atoms with Gasteiger partial charge in [-0.3, -0.25) is 9.36 Å². The summed E-state index contributed by atoms with van der Waals surface area (Å²) < 4.78 is 15.9. The smallest absolute Gasteiger partial charge is 0.338 e. The van der Waals surface area contributed by atoms with Gasteiger partial charge in [-0.1, -0.05) is 47.7 Å². The first kappa shape index (κ1) is 26.7. The number of aryl methyl sites for hydroxylation is 1. The molecular formula is C31H31N3O4S2. The van der Waals surface area contributed by atoms with Gasteiger partial charge in [0.25, 0.3) is 5.56 Å². The fourth-order valence-corrected chi connectivity index (χ4v) is 7.36. The molecule has 6 rings (SSSR count). The Morgan fingerprint density at radius 2 is 2.02 bits per heavy atom. The van der Waals surface area contributed by atoms with Gasteiger partial charge in [-0.05, 0) is 62.8 Å². The summed E-state index contributed by atoms with van der Waals surface area (Å²) >= 11 is 2.86. The normalized spacial score (nSPS) is 19.1. The summed E-state index contributed by atoms with van der Waals surface area (Å²) in [6.07, 6.45) is 4.36. The second kappa shape index (κ2) is 11.2. The molecule has 0 spiro atoms. The average molecular weight is 574 g/mol. The highest BCUT2D eigenvalue weighted by Crippen LogP contribution is 2.36. The quantitative estimate of drug-likeness (QED) is 0.303. The summed E-state index contributed by atoms with van der Waals surface area (Å²) in [7, 11) is 0. The van der Waals surface area contributed by atoms with E-state index >= 15 is 0 Å². The van der Waals surface area contributed by atoms with E-state index in [-0.39, 0.29) is 18.3 Å².